The molecule has 1 fully saturated rings. The first-order chi connectivity index (χ1) is 8.75. The molecule has 0 unspecified atom stereocenters. The largest absolute Gasteiger partial charge is 0.378 e. The minimum absolute atomic E-state index is 0.802. The molecule has 0 spiro atoms. The Labute approximate surface area is 115 Å². The van der Waals surface area contributed by atoms with Crippen molar-refractivity contribution in [1.29, 1.82) is 0 Å². The molecule has 4 heteroatoms. The Morgan fingerprint density at radius 1 is 1.28 bits per heavy atom. The van der Waals surface area contributed by atoms with Gasteiger partial charge in [0.25, 0.3) is 0 Å². The Morgan fingerprint density at radius 3 is 2.83 bits per heavy atom. The van der Waals surface area contributed by atoms with E-state index in [-0.39, 0.29) is 0 Å². The van der Waals surface area contributed by atoms with Gasteiger partial charge in [-0.3, -0.25) is 4.98 Å². The zero-order valence-corrected chi connectivity index (χ0v) is 11.9. The molecule has 0 aliphatic carbocycles. The fourth-order valence-electron chi connectivity index (χ4n) is 2.39. The number of rotatable bonds is 1. The van der Waals surface area contributed by atoms with Crippen LogP contribution >= 0.6 is 15.9 Å². The third kappa shape index (κ3) is 2.10. The standard InChI is InChI=1S/C14H15BrN2O/c1-10-9-13(17-5-7-18-8-6-17)11-3-2-4-12(15)14(11)16-10/h2-4,9H,5-8H2,1H3. The summed E-state index contributed by atoms with van der Waals surface area (Å²) >= 11 is 3.58. The summed E-state index contributed by atoms with van der Waals surface area (Å²) in [6, 6.07) is 8.41. The molecular weight excluding hydrogens is 292 g/mol. The van der Waals surface area contributed by atoms with E-state index in [0.29, 0.717) is 0 Å². The lowest BCUT2D eigenvalue weighted by atomic mass is 10.1. The highest BCUT2D eigenvalue weighted by atomic mass is 79.9. The number of halogens is 1. The van der Waals surface area contributed by atoms with Gasteiger partial charge in [-0.2, -0.15) is 0 Å². The van der Waals surface area contributed by atoms with Gasteiger partial charge in [0.1, 0.15) is 0 Å². The van der Waals surface area contributed by atoms with Crippen LogP contribution in [-0.4, -0.2) is 31.3 Å². The van der Waals surface area contributed by atoms with Gasteiger partial charge in [-0.25, -0.2) is 0 Å². The normalized spacial score (nSPS) is 16.2. The van der Waals surface area contributed by atoms with Crippen LogP contribution in [0.25, 0.3) is 10.9 Å². The number of hydrogen-bond donors (Lipinski definition) is 0. The summed E-state index contributed by atoms with van der Waals surface area (Å²) in [6.07, 6.45) is 0. The molecule has 94 valence electrons. The minimum Gasteiger partial charge on any atom is -0.378 e. The number of morpholine rings is 1. The predicted octanol–water partition coefficient (Wildman–Crippen LogP) is 3.14. The number of nitrogens with zero attached hydrogens (tertiary/aromatic N) is 2. The van der Waals surface area contributed by atoms with E-state index in [2.05, 4.69) is 44.0 Å². The van der Waals surface area contributed by atoms with Gasteiger partial charge in [0.05, 0.1) is 18.7 Å². The van der Waals surface area contributed by atoms with Crippen LogP contribution in [-0.2, 0) is 4.74 Å². The zero-order chi connectivity index (χ0) is 12.5. The summed E-state index contributed by atoms with van der Waals surface area (Å²) in [5, 5.41) is 1.21. The van der Waals surface area contributed by atoms with Crippen LogP contribution in [0.15, 0.2) is 28.7 Å². The SMILES string of the molecule is Cc1cc(N2CCOCC2)c2cccc(Br)c2n1. The van der Waals surface area contributed by atoms with Gasteiger partial charge >= 0.3 is 0 Å². The number of fused-ring (bicyclic) bond motifs is 1. The molecule has 0 radical (unpaired) electrons. The first-order valence-corrected chi connectivity index (χ1v) is 6.93. The molecule has 0 bridgehead atoms. The monoisotopic (exact) mass is 306 g/mol. The summed E-state index contributed by atoms with van der Waals surface area (Å²) in [7, 11) is 0. The number of anilines is 1. The lowest BCUT2D eigenvalue weighted by Gasteiger charge is -2.30. The van der Waals surface area contributed by atoms with Crippen molar-refractivity contribution in [2.24, 2.45) is 0 Å². The molecule has 1 aliphatic rings. The molecule has 3 nitrogen and oxygen atoms in total. The average Bonchev–Trinajstić information content (AvgIpc) is 2.40. The van der Waals surface area contributed by atoms with Crippen LogP contribution in [0.2, 0.25) is 0 Å². The van der Waals surface area contributed by atoms with Gasteiger partial charge in [-0.05, 0) is 35.0 Å². The van der Waals surface area contributed by atoms with Crippen LogP contribution in [0.5, 0.6) is 0 Å². The van der Waals surface area contributed by atoms with Crippen molar-refractivity contribution in [3.63, 3.8) is 0 Å². The van der Waals surface area contributed by atoms with Crippen LogP contribution in [0.1, 0.15) is 5.69 Å². The Balaban J connectivity index is 2.18. The van der Waals surface area contributed by atoms with E-state index < -0.39 is 0 Å². The number of hydrogen-bond acceptors (Lipinski definition) is 3. The molecule has 1 aliphatic heterocycles. The van der Waals surface area contributed by atoms with E-state index in [1.54, 1.807) is 0 Å². The maximum absolute atomic E-state index is 5.42. The fraction of sp³-hybridized carbons (Fsp3) is 0.357. The van der Waals surface area contributed by atoms with Gasteiger partial charge in [-0.1, -0.05) is 12.1 Å². The number of aryl methyl sites for hydroxylation is 1. The predicted molar refractivity (Wildman–Crippen MR) is 77.2 cm³/mol. The van der Waals surface area contributed by atoms with Crippen molar-refractivity contribution >= 4 is 32.5 Å². The van der Waals surface area contributed by atoms with Crippen molar-refractivity contribution in [3.8, 4) is 0 Å². The summed E-state index contributed by atoms with van der Waals surface area (Å²) in [4.78, 5) is 7.01. The summed E-state index contributed by atoms with van der Waals surface area (Å²) in [6.45, 7) is 5.55. The second-order valence-electron chi connectivity index (χ2n) is 4.52. The Kier molecular flexibility index (Phi) is 3.22. The molecule has 0 atom stereocenters. The lowest BCUT2D eigenvalue weighted by Crippen LogP contribution is -2.36. The lowest BCUT2D eigenvalue weighted by molar-refractivity contribution is 0.123. The summed E-state index contributed by atoms with van der Waals surface area (Å²) in [5.74, 6) is 0. The van der Waals surface area contributed by atoms with Crippen molar-refractivity contribution in [2.75, 3.05) is 31.2 Å². The molecule has 0 amide bonds. The average molecular weight is 307 g/mol. The molecule has 0 N–H and O–H groups in total. The number of para-hydroxylation sites is 1. The van der Waals surface area contributed by atoms with E-state index in [0.717, 1.165) is 42.0 Å². The highest BCUT2D eigenvalue weighted by molar-refractivity contribution is 9.10. The molecular formula is C14H15BrN2O. The number of pyridine rings is 1. The second kappa shape index (κ2) is 4.86. The van der Waals surface area contributed by atoms with Crippen molar-refractivity contribution < 1.29 is 4.74 Å². The fourth-order valence-corrected chi connectivity index (χ4v) is 2.84. The van der Waals surface area contributed by atoms with Crippen molar-refractivity contribution in [1.82, 2.24) is 4.98 Å². The number of benzene rings is 1. The molecule has 1 aromatic carbocycles. The zero-order valence-electron chi connectivity index (χ0n) is 10.3. The summed E-state index contributed by atoms with van der Waals surface area (Å²) < 4.78 is 6.47. The summed E-state index contributed by atoms with van der Waals surface area (Å²) in [5.41, 5.74) is 3.36. The second-order valence-corrected chi connectivity index (χ2v) is 5.37. The third-order valence-electron chi connectivity index (χ3n) is 3.25. The molecule has 2 aromatic rings. The number of aromatic nitrogens is 1. The highest BCUT2D eigenvalue weighted by Gasteiger charge is 2.15. The molecule has 1 saturated heterocycles. The van der Waals surface area contributed by atoms with Crippen molar-refractivity contribution in [2.45, 2.75) is 6.92 Å². The van der Waals surface area contributed by atoms with E-state index in [1.807, 2.05) is 13.0 Å². The molecule has 18 heavy (non-hydrogen) atoms. The van der Waals surface area contributed by atoms with Gasteiger partial charge in [0.15, 0.2) is 0 Å². The Morgan fingerprint density at radius 2 is 2.06 bits per heavy atom. The highest BCUT2D eigenvalue weighted by Crippen LogP contribution is 2.31. The smallest absolute Gasteiger partial charge is 0.0867 e. The maximum Gasteiger partial charge on any atom is 0.0867 e. The Hall–Kier alpha value is -1.13. The topological polar surface area (TPSA) is 25.4 Å². The van der Waals surface area contributed by atoms with Gasteiger partial charge < -0.3 is 9.64 Å². The van der Waals surface area contributed by atoms with Gasteiger partial charge in [-0.15, -0.1) is 0 Å². The first-order valence-electron chi connectivity index (χ1n) is 6.14. The first kappa shape index (κ1) is 11.9. The number of ether oxygens (including phenoxy) is 1. The van der Waals surface area contributed by atoms with Crippen LogP contribution in [0, 0.1) is 6.92 Å². The molecule has 0 saturated carbocycles. The van der Waals surface area contributed by atoms with Crippen LogP contribution < -0.4 is 4.90 Å². The maximum atomic E-state index is 5.42. The Bertz CT molecular complexity index is 579. The molecule has 1 aromatic heterocycles. The quantitative estimate of drug-likeness (QED) is 0.809. The minimum atomic E-state index is 0.802. The van der Waals surface area contributed by atoms with Crippen LogP contribution in [0.3, 0.4) is 0 Å². The van der Waals surface area contributed by atoms with E-state index in [9.17, 15) is 0 Å². The van der Waals surface area contributed by atoms with E-state index in [4.69, 9.17) is 4.74 Å². The van der Waals surface area contributed by atoms with E-state index >= 15 is 0 Å². The van der Waals surface area contributed by atoms with Crippen molar-refractivity contribution in [3.05, 3.63) is 34.4 Å². The van der Waals surface area contributed by atoms with Gasteiger partial charge in [0.2, 0.25) is 0 Å². The third-order valence-corrected chi connectivity index (χ3v) is 3.89. The van der Waals surface area contributed by atoms with Crippen LogP contribution in [0.4, 0.5) is 5.69 Å². The van der Waals surface area contributed by atoms with E-state index in [1.165, 1.54) is 11.1 Å². The molecule has 2 heterocycles. The van der Waals surface area contributed by atoms with Gasteiger partial charge in [0, 0.05) is 34.3 Å². The molecule has 3 rings (SSSR count).